The molecule has 1 aliphatic rings. The lowest BCUT2D eigenvalue weighted by molar-refractivity contribution is -0.165. The number of halogens is 2. The Hall–Kier alpha value is -5.41. The van der Waals surface area contributed by atoms with Gasteiger partial charge in [0.2, 0.25) is 5.91 Å². The SMILES string of the molecule is CCc1ccc(-c2ccc(CN(C(=O)Cn3c(SCc4cccc(F)c4F)cc(=O)c4ccccc43)C3CCN(CC)CC3)cc2)cc1.O=C(O)C(O)C(O)C(=O)O. The number of carbonyl (C=O) groups is 3. The van der Waals surface area contributed by atoms with Crippen molar-refractivity contribution >= 4 is 40.5 Å². The molecule has 0 bridgehead atoms. The van der Waals surface area contributed by atoms with Gasteiger partial charge in [-0.15, -0.1) is 11.8 Å². The molecule has 4 aromatic carbocycles. The van der Waals surface area contributed by atoms with Crippen molar-refractivity contribution in [1.29, 1.82) is 0 Å². The molecule has 306 valence electrons. The second-order valence-corrected chi connectivity index (χ2v) is 14.9. The topological polar surface area (TPSA) is 161 Å². The van der Waals surface area contributed by atoms with Gasteiger partial charge in [-0.05, 0) is 66.3 Å². The Morgan fingerprint density at radius 3 is 1.97 bits per heavy atom. The molecule has 2 heterocycles. The van der Waals surface area contributed by atoms with Crippen molar-refractivity contribution in [2.24, 2.45) is 0 Å². The van der Waals surface area contributed by atoms with Gasteiger partial charge in [0, 0.05) is 48.4 Å². The molecule has 0 spiro atoms. The fourth-order valence-electron chi connectivity index (χ4n) is 6.79. The van der Waals surface area contributed by atoms with E-state index in [1.54, 1.807) is 12.1 Å². The number of aromatic nitrogens is 1. The normalized spacial score (nSPS) is 14.3. The summed E-state index contributed by atoms with van der Waals surface area (Å²) < 4.78 is 30.4. The van der Waals surface area contributed by atoms with Gasteiger partial charge in [-0.2, -0.15) is 0 Å². The van der Waals surface area contributed by atoms with Crippen LogP contribution in [0, 0.1) is 11.6 Å². The van der Waals surface area contributed by atoms with Gasteiger partial charge >= 0.3 is 11.9 Å². The number of para-hydroxylation sites is 1. The molecule has 2 atom stereocenters. The lowest BCUT2D eigenvalue weighted by Crippen LogP contribution is -2.48. The van der Waals surface area contributed by atoms with E-state index in [4.69, 9.17) is 20.4 Å². The first-order valence-electron chi connectivity index (χ1n) is 19.0. The van der Waals surface area contributed by atoms with Crippen LogP contribution in [0.5, 0.6) is 0 Å². The molecular formula is C44H47F2N3O8S. The molecule has 11 nitrogen and oxygen atoms in total. The molecule has 1 aliphatic heterocycles. The average molecular weight is 816 g/mol. The number of aliphatic hydroxyl groups is 2. The number of carbonyl (C=O) groups excluding carboxylic acids is 1. The molecule has 14 heteroatoms. The number of pyridine rings is 1. The highest BCUT2D eigenvalue weighted by Gasteiger charge is 2.30. The van der Waals surface area contributed by atoms with Gasteiger partial charge in [-0.3, -0.25) is 9.59 Å². The summed E-state index contributed by atoms with van der Waals surface area (Å²) >= 11 is 1.23. The van der Waals surface area contributed by atoms with E-state index >= 15 is 0 Å². The third-order valence-electron chi connectivity index (χ3n) is 10.3. The molecular weight excluding hydrogens is 769 g/mol. The number of aliphatic hydroxyl groups excluding tert-OH is 2. The van der Waals surface area contributed by atoms with Crippen LogP contribution in [0.4, 0.5) is 8.78 Å². The van der Waals surface area contributed by atoms with Gasteiger partial charge in [-0.1, -0.05) is 86.6 Å². The third-order valence-corrected chi connectivity index (χ3v) is 11.3. The zero-order chi connectivity index (χ0) is 41.9. The number of amides is 1. The van der Waals surface area contributed by atoms with Crippen molar-refractivity contribution in [1.82, 2.24) is 14.4 Å². The summed E-state index contributed by atoms with van der Waals surface area (Å²) in [6, 6.07) is 30.0. The minimum atomic E-state index is -2.27. The van der Waals surface area contributed by atoms with E-state index in [2.05, 4.69) is 67.3 Å². The number of carboxylic acid groups (broad SMARTS) is 2. The predicted octanol–water partition coefficient (Wildman–Crippen LogP) is 6.19. The Kier molecular flexibility index (Phi) is 15.3. The number of benzene rings is 4. The number of piperidine rings is 1. The monoisotopic (exact) mass is 815 g/mol. The number of fused-ring (bicyclic) bond motifs is 1. The molecule has 0 aliphatic carbocycles. The Bertz CT molecular complexity index is 2240. The van der Waals surface area contributed by atoms with Crippen molar-refractivity contribution in [2.45, 2.75) is 75.2 Å². The van der Waals surface area contributed by atoms with Gasteiger partial charge in [0.15, 0.2) is 29.3 Å². The zero-order valence-corrected chi connectivity index (χ0v) is 33.1. The molecule has 5 aromatic rings. The number of thioether (sulfide) groups is 1. The van der Waals surface area contributed by atoms with Crippen molar-refractivity contribution in [3.63, 3.8) is 0 Å². The van der Waals surface area contributed by atoms with Gasteiger partial charge in [0.25, 0.3) is 0 Å². The fraction of sp³-hybridized carbons (Fsp3) is 0.318. The number of hydrogen-bond donors (Lipinski definition) is 4. The first-order chi connectivity index (χ1) is 27.8. The predicted molar refractivity (Wildman–Crippen MR) is 218 cm³/mol. The quantitative estimate of drug-likeness (QED) is 0.0952. The molecule has 1 saturated heterocycles. The number of aliphatic carboxylic acids is 2. The second kappa shape index (κ2) is 20.3. The highest BCUT2D eigenvalue weighted by molar-refractivity contribution is 7.98. The van der Waals surface area contributed by atoms with E-state index in [1.807, 2.05) is 21.6 Å². The molecule has 4 N–H and O–H groups in total. The lowest BCUT2D eigenvalue weighted by Gasteiger charge is -2.38. The van der Waals surface area contributed by atoms with Crippen molar-refractivity contribution < 1.29 is 43.6 Å². The van der Waals surface area contributed by atoms with Gasteiger partial charge in [-0.25, -0.2) is 18.4 Å². The largest absolute Gasteiger partial charge is 0.479 e. The highest BCUT2D eigenvalue weighted by atomic mass is 32.2. The van der Waals surface area contributed by atoms with Crippen molar-refractivity contribution in [3.05, 3.63) is 136 Å². The number of rotatable bonds is 14. The van der Waals surface area contributed by atoms with E-state index in [1.165, 1.54) is 35.5 Å². The van der Waals surface area contributed by atoms with Crippen LogP contribution >= 0.6 is 11.8 Å². The van der Waals surface area contributed by atoms with Crippen LogP contribution in [0.15, 0.2) is 107 Å². The van der Waals surface area contributed by atoms with Crippen LogP contribution < -0.4 is 5.43 Å². The Morgan fingerprint density at radius 2 is 1.40 bits per heavy atom. The van der Waals surface area contributed by atoms with Crippen LogP contribution in [-0.2, 0) is 39.6 Å². The fourth-order valence-corrected chi connectivity index (χ4v) is 7.83. The number of likely N-dealkylation sites (tertiary alicyclic amines) is 1. The molecule has 0 saturated carbocycles. The van der Waals surface area contributed by atoms with Gasteiger partial charge in [0.1, 0.15) is 6.54 Å². The van der Waals surface area contributed by atoms with E-state index in [0.29, 0.717) is 22.5 Å². The molecule has 0 radical (unpaired) electrons. The van der Waals surface area contributed by atoms with Crippen molar-refractivity contribution in [3.8, 4) is 11.1 Å². The standard InChI is InChI=1S/C40H41F2N3O2S.C4H6O6/c1-3-28-12-16-30(17-13-28)31-18-14-29(15-19-31)25-44(33-20-22-43(4-2)23-21-33)38(47)26-45-36-11-6-5-9-34(36)37(46)24-39(45)48-27-32-8-7-10-35(41)40(32)42;5-1(3(7)8)2(6)4(9)10/h5-19,24,33H,3-4,20-23,25-27H2,1-2H3;1-2,5-6H,(H,7,8)(H,9,10). The Labute approximate surface area is 339 Å². The zero-order valence-electron chi connectivity index (χ0n) is 32.3. The van der Waals surface area contributed by atoms with Crippen LogP contribution in [0.25, 0.3) is 22.0 Å². The first kappa shape index (κ1) is 43.7. The first-order valence-corrected chi connectivity index (χ1v) is 20.0. The lowest BCUT2D eigenvalue weighted by atomic mass is 10.00. The number of aryl methyl sites for hydroxylation is 1. The van der Waals surface area contributed by atoms with E-state index in [9.17, 15) is 28.0 Å². The summed E-state index contributed by atoms with van der Waals surface area (Å²) in [6.07, 6.45) is -1.77. The van der Waals surface area contributed by atoms with E-state index < -0.39 is 35.8 Å². The minimum absolute atomic E-state index is 0.0185. The third kappa shape index (κ3) is 11.0. The van der Waals surface area contributed by atoms with E-state index in [-0.39, 0.29) is 35.2 Å². The molecule has 2 unspecified atom stereocenters. The molecule has 6 rings (SSSR count). The van der Waals surface area contributed by atoms with E-state index in [0.717, 1.165) is 61.7 Å². The van der Waals surface area contributed by atoms with Crippen LogP contribution in [0.3, 0.4) is 0 Å². The maximum absolute atomic E-state index is 14.6. The minimum Gasteiger partial charge on any atom is -0.479 e. The molecule has 1 amide bonds. The second-order valence-electron chi connectivity index (χ2n) is 14.0. The van der Waals surface area contributed by atoms with Crippen molar-refractivity contribution in [2.75, 3.05) is 19.6 Å². The maximum atomic E-state index is 14.6. The van der Waals surface area contributed by atoms with Gasteiger partial charge < -0.3 is 34.8 Å². The summed E-state index contributed by atoms with van der Waals surface area (Å²) in [5.74, 6) is -5.28. The van der Waals surface area contributed by atoms with Crippen LogP contribution in [0.1, 0.15) is 43.4 Å². The summed E-state index contributed by atoms with van der Waals surface area (Å²) in [7, 11) is 0. The molecule has 1 fully saturated rings. The van der Waals surface area contributed by atoms with Crippen LogP contribution in [0.2, 0.25) is 0 Å². The number of carboxylic acids is 2. The summed E-state index contributed by atoms with van der Waals surface area (Å²) in [5.41, 5.74) is 5.31. The smallest absolute Gasteiger partial charge is 0.335 e. The summed E-state index contributed by atoms with van der Waals surface area (Å²) in [5, 5.41) is 33.6. The average Bonchev–Trinajstić information content (AvgIpc) is 3.24. The molecule has 58 heavy (non-hydrogen) atoms. The summed E-state index contributed by atoms with van der Waals surface area (Å²) in [4.78, 5) is 51.6. The number of nitrogens with zero attached hydrogens (tertiary/aromatic N) is 3. The maximum Gasteiger partial charge on any atom is 0.335 e. The van der Waals surface area contributed by atoms with Crippen LogP contribution in [-0.4, -0.2) is 90.5 Å². The Morgan fingerprint density at radius 1 is 0.810 bits per heavy atom. The Balaban J connectivity index is 0.000000567. The molecule has 1 aromatic heterocycles. The van der Waals surface area contributed by atoms with Gasteiger partial charge in [0.05, 0.1) is 10.5 Å². The number of hydrogen-bond acceptors (Lipinski definition) is 8. The summed E-state index contributed by atoms with van der Waals surface area (Å²) in [6.45, 7) is 7.65. The highest BCUT2D eigenvalue weighted by Crippen LogP contribution is 2.29.